The number of hydrogen-bond donors (Lipinski definition) is 17. The van der Waals surface area contributed by atoms with E-state index in [0.29, 0.717) is 0 Å². The van der Waals surface area contributed by atoms with Crippen LogP contribution in [0, 0.1) is 11.8 Å². The number of hydrogen-bond acceptors (Lipinski definition) is 25. The number of carbonyl (C=O) groups is 8. The number of ketones is 2. The number of primary amides is 1. The fraction of sp³-hybridized carbons (Fsp3) is 0.441. The summed E-state index contributed by atoms with van der Waals surface area (Å²) in [5, 5.41) is 126. The third-order valence-corrected chi connectivity index (χ3v) is 19.0. The van der Waals surface area contributed by atoms with Gasteiger partial charge in [-0.2, -0.15) is 0 Å². The normalized spacial score (nSPS) is 29.6. The predicted octanol–water partition coefficient (Wildman–Crippen LogP) is 2.08. The third-order valence-electron chi connectivity index (χ3n) is 18.4. The van der Waals surface area contributed by atoms with Gasteiger partial charge in [-0.3, -0.25) is 33.6 Å². The number of phenols is 3. The number of nitrogens with one attached hydrogen (secondary N) is 5. The Morgan fingerprint density at radius 1 is 0.743 bits per heavy atom. The summed E-state index contributed by atoms with van der Waals surface area (Å²) >= 11 is 14.1. The van der Waals surface area contributed by atoms with E-state index in [2.05, 4.69) is 26.6 Å². The van der Waals surface area contributed by atoms with E-state index in [9.17, 15) is 75.0 Å². The Morgan fingerprint density at radius 3 is 1.96 bits per heavy atom. The Labute approximate surface area is 585 Å². The number of carboxylic acids is 1. The van der Waals surface area contributed by atoms with E-state index in [4.69, 9.17) is 63.1 Å². The summed E-state index contributed by atoms with van der Waals surface area (Å²) in [5.41, 5.74) is 8.47. The molecule has 0 saturated carbocycles. The molecule has 11 unspecified atom stereocenters. The number of fused-ring (bicyclic) bond motifs is 15. The number of halogens is 2. The van der Waals surface area contributed by atoms with Crippen molar-refractivity contribution in [3.8, 4) is 57.1 Å². The number of aromatic hydroxyl groups is 3. The number of nitrogens with two attached hydrogens (primary N) is 2. The van der Waals surface area contributed by atoms with Crippen molar-refractivity contribution < 1.29 is 118 Å². The van der Waals surface area contributed by atoms with E-state index >= 15 is 14.4 Å². The summed E-state index contributed by atoms with van der Waals surface area (Å²) in [4.78, 5) is 117. The second-order valence-electron chi connectivity index (χ2n) is 26.3. The van der Waals surface area contributed by atoms with Crippen LogP contribution in [0.1, 0.15) is 118 Å². The van der Waals surface area contributed by atoms with Crippen LogP contribution >= 0.6 is 23.2 Å². The van der Waals surface area contributed by atoms with Crippen molar-refractivity contribution in [3.05, 3.63) is 117 Å². The summed E-state index contributed by atoms with van der Waals surface area (Å²) in [6.07, 6.45) is -20.3. The number of amides is 5. The van der Waals surface area contributed by atoms with Crippen LogP contribution in [0.2, 0.25) is 10.0 Å². The number of rotatable bonds is 13. The molecular formula is C68H77Cl2N7O24. The first kappa shape index (κ1) is 74.9. The number of phenolic OH excluding ortho intramolecular Hbond substituents is 3. The molecule has 2 saturated heterocycles. The second kappa shape index (κ2) is 30.4. The van der Waals surface area contributed by atoms with E-state index in [1.807, 2.05) is 13.8 Å². The standard InChI is InChI=1S/C68H77Cl2N7O24/c1-25(2)12-38(73-5)64(92)76-53-41(82)16-31(19-48(71)84)62(90)74-51-30-17-45(97-43-10-7-28(55(53)85)14-36(43)69)59(101-67-60(58(88)57(87)47(24-78)99-67)100-49-23-68(4,72)61(89)26(3)96-49)46(18-30)98-44-11-8-29(15-37(44)70)56(86)54-65(93)75-52(66(94)95)35-20-32(79)21-40(81)50(35)34-13-27(6-9-39(34)80)33(22-42(51)83)63(91)77-54/h6-11,13-15,17-18,20-21,25-26,31,33,38,47,49,51-58,60-61,67,73,78-81,85-89H,12,16,19,22-24,72H2,1-5H3,(H2,71,84)(H,74,90)(H,75,93)(H,76,92)(H,77,91)(H,94,95)/t26?,31-,33?,38+,47?,49?,51+,52+,53?,54-,55+,56+,57?,58?,60?,61?,67?,68?/m0/s1. The number of Topliss-reactive ketones (excluding diaryl/α,β-unsaturated/α-hetero) is 2. The van der Waals surface area contributed by atoms with Crippen LogP contribution in [0.4, 0.5) is 0 Å². The highest BCUT2D eigenvalue weighted by Gasteiger charge is 2.51. The molecule has 0 spiro atoms. The number of carbonyl (C=O) groups excluding carboxylic acids is 7. The Bertz CT molecular complexity index is 4070. The molecule has 2 fully saturated rings. The average Bonchev–Trinajstić information content (AvgIpc) is 0.775. The lowest BCUT2D eigenvalue weighted by atomic mass is 9.84. The molecular weight excluding hydrogens is 1370 g/mol. The molecule has 5 amide bonds. The second-order valence-corrected chi connectivity index (χ2v) is 27.1. The van der Waals surface area contributed by atoms with Crippen LogP contribution < -0.4 is 52.3 Å². The maximum absolute atomic E-state index is 16.1. The number of carboxylic acid groups (broad SMARTS) is 1. The van der Waals surface area contributed by atoms with E-state index < -0.39 is 238 Å². The summed E-state index contributed by atoms with van der Waals surface area (Å²) in [5.74, 6) is -18.5. The highest BCUT2D eigenvalue weighted by molar-refractivity contribution is 6.32. The van der Waals surface area contributed by atoms with Gasteiger partial charge in [-0.15, -0.1) is 0 Å². The van der Waals surface area contributed by atoms with Crippen molar-refractivity contribution in [1.82, 2.24) is 26.6 Å². The van der Waals surface area contributed by atoms with Crippen LogP contribution in [0.15, 0.2) is 78.9 Å². The molecule has 0 aliphatic carbocycles. The third kappa shape index (κ3) is 16.0. The molecule has 542 valence electrons. The molecule has 0 radical (unpaired) electrons. The monoisotopic (exact) mass is 1450 g/mol. The molecule has 7 aliphatic rings. The average molecular weight is 1450 g/mol. The minimum atomic E-state index is -2.24. The molecule has 33 heteroatoms. The molecule has 11 bridgehead atoms. The van der Waals surface area contributed by atoms with Crippen molar-refractivity contribution in [2.75, 3.05) is 13.7 Å². The SMILES string of the molecule is CN[C@H](CC(C)C)C(=O)NC1C(=O)C[C@@H](CC(N)=O)C(=O)N[C@H]2C(=O)CC3C(=O)N[C@H](C(=O)N[C@@H](C(=O)O)c4cc(O)cc(O)c4-c4cc3ccc4O)[C@H](O)c3ccc(c(Cl)c3)Oc3cc2cc(c3OC2OC(CO)C(O)C(O)C2OC2CC(C)(N)C(O)C(C)O2)Oc2ccc(cc2Cl)[C@H]1O. The smallest absolute Gasteiger partial charge is 0.330 e. The van der Waals surface area contributed by atoms with Crippen molar-refractivity contribution in [3.63, 3.8) is 0 Å². The first-order valence-corrected chi connectivity index (χ1v) is 32.8. The van der Waals surface area contributed by atoms with Gasteiger partial charge in [0.25, 0.3) is 0 Å². The van der Waals surface area contributed by atoms with Gasteiger partial charge in [0.05, 0.1) is 46.7 Å². The Morgan fingerprint density at radius 2 is 1.38 bits per heavy atom. The number of benzene rings is 5. The van der Waals surface area contributed by atoms with E-state index in [-0.39, 0.29) is 57.5 Å². The van der Waals surface area contributed by atoms with E-state index in [1.54, 1.807) is 0 Å². The van der Waals surface area contributed by atoms with Gasteiger partial charge in [0.1, 0.15) is 77.4 Å². The summed E-state index contributed by atoms with van der Waals surface area (Å²) in [6, 6.07) is 4.58. The number of ether oxygens (including phenoxy) is 6. The lowest BCUT2D eigenvalue weighted by Crippen LogP contribution is -2.64. The van der Waals surface area contributed by atoms with Gasteiger partial charge >= 0.3 is 5.97 Å². The van der Waals surface area contributed by atoms with Crippen LogP contribution in [-0.2, 0) is 52.6 Å². The van der Waals surface area contributed by atoms with E-state index in [0.717, 1.165) is 60.7 Å². The van der Waals surface area contributed by atoms with Crippen LogP contribution in [0.25, 0.3) is 11.1 Å². The maximum atomic E-state index is 16.1. The fourth-order valence-corrected chi connectivity index (χ4v) is 13.5. The molecule has 12 rings (SSSR count). The zero-order valence-electron chi connectivity index (χ0n) is 54.7. The number of aliphatic hydroxyl groups excluding tert-OH is 6. The number of aliphatic hydroxyl groups is 6. The van der Waals surface area contributed by atoms with Crippen LogP contribution in [-0.4, -0.2) is 185 Å². The molecule has 31 nitrogen and oxygen atoms in total. The molecule has 7 heterocycles. The van der Waals surface area contributed by atoms with Crippen molar-refractivity contribution >= 4 is 70.3 Å². The molecule has 5 aromatic rings. The Balaban J connectivity index is 1.24. The molecule has 19 N–H and O–H groups in total. The quantitative estimate of drug-likeness (QED) is 0.0802. The van der Waals surface area contributed by atoms with Crippen molar-refractivity contribution in [2.24, 2.45) is 23.3 Å². The van der Waals surface area contributed by atoms with Gasteiger partial charge in [-0.05, 0) is 110 Å². The molecule has 101 heavy (non-hydrogen) atoms. The Kier molecular flexibility index (Phi) is 22.5. The van der Waals surface area contributed by atoms with Gasteiger partial charge in [0, 0.05) is 54.0 Å². The van der Waals surface area contributed by atoms with Gasteiger partial charge < -0.3 is 118 Å². The first-order chi connectivity index (χ1) is 47.7. The minimum absolute atomic E-state index is 0.0768. The van der Waals surface area contributed by atoms with Crippen molar-refractivity contribution in [1.29, 1.82) is 0 Å². The van der Waals surface area contributed by atoms with Crippen molar-refractivity contribution in [2.45, 2.75) is 163 Å². The summed E-state index contributed by atoms with van der Waals surface area (Å²) in [6.45, 7) is 5.72. The molecule has 5 aromatic carbocycles. The Hall–Kier alpha value is -8.80. The van der Waals surface area contributed by atoms with Crippen LogP contribution in [0.5, 0.6) is 46.0 Å². The minimum Gasteiger partial charge on any atom is -0.508 e. The number of aliphatic carboxylic acids is 1. The molecule has 7 aliphatic heterocycles. The first-order valence-electron chi connectivity index (χ1n) is 32.1. The van der Waals surface area contributed by atoms with E-state index in [1.165, 1.54) is 39.1 Å². The lowest BCUT2D eigenvalue weighted by molar-refractivity contribution is -0.333. The topological polar surface area (TPSA) is 506 Å². The lowest BCUT2D eigenvalue weighted by Gasteiger charge is -2.47. The number of likely N-dealkylation sites (N-methyl/N-ethyl adjacent to an activating group) is 1. The predicted molar refractivity (Wildman–Crippen MR) is 352 cm³/mol. The maximum Gasteiger partial charge on any atom is 0.330 e. The highest BCUT2D eigenvalue weighted by Crippen LogP contribution is 2.50. The van der Waals surface area contributed by atoms with Crippen LogP contribution in [0.3, 0.4) is 0 Å². The van der Waals surface area contributed by atoms with Gasteiger partial charge in [-0.25, -0.2) is 4.79 Å². The largest absolute Gasteiger partial charge is 0.508 e. The summed E-state index contributed by atoms with van der Waals surface area (Å²) < 4.78 is 38.4. The molecule has 0 aromatic heterocycles. The van der Waals surface area contributed by atoms with Gasteiger partial charge in [0.15, 0.2) is 41.5 Å². The zero-order valence-corrected chi connectivity index (χ0v) is 56.3. The zero-order chi connectivity index (χ0) is 73.5. The highest BCUT2D eigenvalue weighted by atomic mass is 35.5. The van der Waals surface area contributed by atoms with Gasteiger partial charge in [0.2, 0.25) is 41.6 Å². The fourth-order valence-electron chi connectivity index (χ4n) is 13.0. The van der Waals surface area contributed by atoms with Gasteiger partial charge in [-0.1, -0.05) is 55.2 Å². The molecule has 18 atom stereocenters. The summed E-state index contributed by atoms with van der Waals surface area (Å²) in [7, 11) is 1.49.